The molecule has 1 saturated heterocycles. The lowest BCUT2D eigenvalue weighted by atomic mass is 9.89. The van der Waals surface area contributed by atoms with E-state index in [9.17, 15) is 0 Å². The second kappa shape index (κ2) is 8.06. The van der Waals surface area contributed by atoms with Crippen LogP contribution in [-0.4, -0.2) is 37.1 Å². The lowest BCUT2D eigenvalue weighted by Gasteiger charge is -2.33. The Kier molecular flexibility index (Phi) is 6.39. The Morgan fingerprint density at radius 1 is 1.05 bits per heavy atom. The molecule has 0 spiro atoms. The SMILES string of the molecule is CC(C)=CCN1CCC(NCC2CCCCC2)CC1. The quantitative estimate of drug-likeness (QED) is 0.763. The van der Waals surface area contributed by atoms with Gasteiger partial charge in [-0.05, 0) is 65.1 Å². The molecule has 0 bridgehead atoms. The maximum Gasteiger partial charge on any atom is 0.0165 e. The van der Waals surface area contributed by atoms with Crippen LogP contribution in [0.4, 0.5) is 0 Å². The number of hydrogen-bond donors (Lipinski definition) is 1. The van der Waals surface area contributed by atoms with Gasteiger partial charge < -0.3 is 5.32 Å². The number of rotatable bonds is 5. The fourth-order valence-electron chi connectivity index (χ4n) is 3.36. The van der Waals surface area contributed by atoms with Crippen molar-refractivity contribution in [3.63, 3.8) is 0 Å². The van der Waals surface area contributed by atoms with E-state index in [4.69, 9.17) is 0 Å². The van der Waals surface area contributed by atoms with Crippen LogP contribution < -0.4 is 5.32 Å². The van der Waals surface area contributed by atoms with Gasteiger partial charge in [0.05, 0.1) is 0 Å². The van der Waals surface area contributed by atoms with E-state index in [-0.39, 0.29) is 0 Å². The Morgan fingerprint density at radius 3 is 2.37 bits per heavy atom. The molecule has 0 atom stereocenters. The summed E-state index contributed by atoms with van der Waals surface area (Å²) in [5.41, 5.74) is 1.44. The number of hydrogen-bond acceptors (Lipinski definition) is 2. The lowest BCUT2D eigenvalue weighted by molar-refractivity contribution is 0.206. The molecule has 1 N–H and O–H groups in total. The molecule has 1 aliphatic heterocycles. The van der Waals surface area contributed by atoms with E-state index in [0.717, 1.165) is 18.5 Å². The first-order chi connectivity index (χ1) is 9.24. The van der Waals surface area contributed by atoms with Gasteiger partial charge >= 0.3 is 0 Å². The van der Waals surface area contributed by atoms with E-state index in [1.807, 2.05) is 0 Å². The van der Waals surface area contributed by atoms with Crippen LogP contribution >= 0.6 is 0 Å². The Bertz CT molecular complexity index is 267. The largest absolute Gasteiger partial charge is 0.314 e. The van der Waals surface area contributed by atoms with Crippen molar-refractivity contribution in [1.82, 2.24) is 10.2 Å². The van der Waals surface area contributed by atoms with Crippen LogP contribution in [0.15, 0.2) is 11.6 Å². The van der Waals surface area contributed by atoms with Gasteiger partial charge in [-0.3, -0.25) is 4.90 Å². The van der Waals surface area contributed by atoms with Crippen LogP contribution in [0.25, 0.3) is 0 Å². The molecule has 2 fully saturated rings. The molecule has 0 radical (unpaired) electrons. The summed E-state index contributed by atoms with van der Waals surface area (Å²) < 4.78 is 0. The van der Waals surface area contributed by atoms with Crippen LogP contribution in [0.1, 0.15) is 58.8 Å². The van der Waals surface area contributed by atoms with Gasteiger partial charge in [0.1, 0.15) is 0 Å². The number of likely N-dealkylation sites (tertiary alicyclic amines) is 1. The summed E-state index contributed by atoms with van der Waals surface area (Å²) in [6, 6.07) is 0.782. The third-order valence-electron chi connectivity index (χ3n) is 4.77. The van der Waals surface area contributed by atoms with Crippen molar-refractivity contribution in [2.24, 2.45) is 5.92 Å². The molecule has 0 aromatic rings. The highest BCUT2D eigenvalue weighted by Crippen LogP contribution is 2.23. The van der Waals surface area contributed by atoms with Crippen LogP contribution in [0.2, 0.25) is 0 Å². The molecule has 1 aliphatic carbocycles. The Balaban J connectivity index is 1.59. The van der Waals surface area contributed by atoms with Crippen molar-refractivity contribution in [2.75, 3.05) is 26.2 Å². The van der Waals surface area contributed by atoms with Gasteiger partial charge in [-0.2, -0.15) is 0 Å². The molecule has 0 aromatic carbocycles. The standard InChI is InChI=1S/C17H32N2/c1-15(2)8-11-19-12-9-17(10-13-19)18-14-16-6-4-3-5-7-16/h8,16-18H,3-7,9-14H2,1-2H3. The summed E-state index contributed by atoms with van der Waals surface area (Å²) in [6.45, 7) is 9.35. The number of allylic oxidation sites excluding steroid dienone is 1. The predicted molar refractivity (Wildman–Crippen MR) is 83.5 cm³/mol. The minimum atomic E-state index is 0.782. The van der Waals surface area contributed by atoms with E-state index in [1.165, 1.54) is 70.2 Å². The zero-order valence-corrected chi connectivity index (χ0v) is 13.0. The topological polar surface area (TPSA) is 15.3 Å². The molecule has 19 heavy (non-hydrogen) atoms. The van der Waals surface area contributed by atoms with Gasteiger partial charge in [-0.25, -0.2) is 0 Å². The fourth-order valence-corrected chi connectivity index (χ4v) is 3.36. The van der Waals surface area contributed by atoms with Gasteiger partial charge in [-0.15, -0.1) is 0 Å². The van der Waals surface area contributed by atoms with E-state index < -0.39 is 0 Å². The van der Waals surface area contributed by atoms with Gasteiger partial charge in [-0.1, -0.05) is 30.9 Å². The zero-order chi connectivity index (χ0) is 13.5. The summed E-state index contributed by atoms with van der Waals surface area (Å²) in [7, 11) is 0. The minimum Gasteiger partial charge on any atom is -0.314 e. The second-order valence-corrected chi connectivity index (χ2v) is 6.77. The predicted octanol–water partition coefficient (Wildman–Crippen LogP) is 3.59. The monoisotopic (exact) mass is 264 g/mol. The second-order valence-electron chi connectivity index (χ2n) is 6.77. The Morgan fingerprint density at radius 2 is 1.74 bits per heavy atom. The van der Waals surface area contributed by atoms with Crippen LogP contribution in [0.3, 0.4) is 0 Å². The van der Waals surface area contributed by atoms with Crippen molar-refractivity contribution < 1.29 is 0 Å². The van der Waals surface area contributed by atoms with Gasteiger partial charge in [0.15, 0.2) is 0 Å². The molecule has 2 heteroatoms. The molecular weight excluding hydrogens is 232 g/mol. The van der Waals surface area contributed by atoms with E-state index in [1.54, 1.807) is 0 Å². The molecule has 1 saturated carbocycles. The Hall–Kier alpha value is -0.340. The highest BCUT2D eigenvalue weighted by Gasteiger charge is 2.20. The maximum atomic E-state index is 3.83. The molecule has 0 amide bonds. The molecule has 0 aromatic heterocycles. The molecule has 1 heterocycles. The summed E-state index contributed by atoms with van der Waals surface area (Å²) in [6.07, 6.45) is 12.4. The first-order valence-corrected chi connectivity index (χ1v) is 8.33. The molecular formula is C17H32N2. The van der Waals surface area contributed by atoms with Gasteiger partial charge in [0.25, 0.3) is 0 Å². The third-order valence-corrected chi connectivity index (χ3v) is 4.77. The lowest BCUT2D eigenvalue weighted by Crippen LogP contribution is -2.44. The van der Waals surface area contributed by atoms with Crippen LogP contribution in [0, 0.1) is 5.92 Å². The molecule has 2 nitrogen and oxygen atoms in total. The molecule has 2 aliphatic rings. The Labute approximate surface area is 119 Å². The first kappa shape index (κ1) is 15.1. The van der Waals surface area contributed by atoms with Gasteiger partial charge in [0, 0.05) is 12.6 Å². The summed E-state index contributed by atoms with van der Waals surface area (Å²) in [5.74, 6) is 0.970. The van der Waals surface area contributed by atoms with Crippen molar-refractivity contribution in [1.29, 1.82) is 0 Å². The number of nitrogens with zero attached hydrogens (tertiary/aromatic N) is 1. The maximum absolute atomic E-state index is 3.83. The highest BCUT2D eigenvalue weighted by atomic mass is 15.1. The van der Waals surface area contributed by atoms with Crippen molar-refractivity contribution in [3.8, 4) is 0 Å². The summed E-state index contributed by atoms with van der Waals surface area (Å²) in [5, 5.41) is 3.83. The highest BCUT2D eigenvalue weighted by molar-refractivity contribution is 4.95. The number of piperidine rings is 1. The minimum absolute atomic E-state index is 0.782. The van der Waals surface area contributed by atoms with Crippen molar-refractivity contribution in [3.05, 3.63) is 11.6 Å². The zero-order valence-electron chi connectivity index (χ0n) is 13.0. The average Bonchev–Trinajstić information content (AvgIpc) is 2.45. The molecule has 110 valence electrons. The first-order valence-electron chi connectivity index (χ1n) is 8.33. The molecule has 2 rings (SSSR count). The van der Waals surface area contributed by atoms with E-state index in [2.05, 4.69) is 30.1 Å². The van der Waals surface area contributed by atoms with Crippen molar-refractivity contribution in [2.45, 2.75) is 64.8 Å². The summed E-state index contributed by atoms with van der Waals surface area (Å²) >= 11 is 0. The van der Waals surface area contributed by atoms with E-state index >= 15 is 0 Å². The van der Waals surface area contributed by atoms with Crippen LogP contribution in [0.5, 0.6) is 0 Å². The van der Waals surface area contributed by atoms with Crippen LogP contribution in [-0.2, 0) is 0 Å². The fraction of sp³-hybridized carbons (Fsp3) is 0.882. The third kappa shape index (κ3) is 5.66. The summed E-state index contributed by atoms with van der Waals surface area (Å²) in [4.78, 5) is 2.59. The van der Waals surface area contributed by atoms with Crippen molar-refractivity contribution >= 4 is 0 Å². The smallest absolute Gasteiger partial charge is 0.0165 e. The number of nitrogens with one attached hydrogen (secondary N) is 1. The van der Waals surface area contributed by atoms with Gasteiger partial charge in [0.2, 0.25) is 0 Å². The molecule has 0 unspecified atom stereocenters. The van der Waals surface area contributed by atoms with E-state index in [0.29, 0.717) is 0 Å². The normalized spacial score (nSPS) is 23.5. The average molecular weight is 264 g/mol.